The third kappa shape index (κ3) is 3.13. The zero-order valence-corrected chi connectivity index (χ0v) is 10.5. The van der Waals surface area contributed by atoms with Crippen molar-refractivity contribution < 1.29 is 9.53 Å². The van der Waals surface area contributed by atoms with Crippen LogP contribution in [0.1, 0.15) is 31.5 Å². The first-order valence-electron chi connectivity index (χ1n) is 6.27. The molecule has 2 atom stereocenters. The van der Waals surface area contributed by atoms with E-state index in [1.807, 2.05) is 25.3 Å². The normalized spacial score (nSPS) is 23.9. The highest BCUT2D eigenvalue weighted by molar-refractivity contribution is 5.83. The maximum atomic E-state index is 12.0. The fraction of sp³-hybridized carbons (Fsp3) is 0.571. The van der Waals surface area contributed by atoms with Crippen molar-refractivity contribution in [1.82, 2.24) is 4.98 Å². The SMILES string of the molecule is CCc1ccc(CC(=O)C2COC(C)C2)nc1. The summed E-state index contributed by atoms with van der Waals surface area (Å²) in [6, 6.07) is 4.00. The molecule has 0 aromatic carbocycles. The van der Waals surface area contributed by atoms with Gasteiger partial charge in [0.25, 0.3) is 0 Å². The summed E-state index contributed by atoms with van der Waals surface area (Å²) in [6.07, 6.45) is 4.35. The van der Waals surface area contributed by atoms with Gasteiger partial charge in [0.05, 0.1) is 12.7 Å². The number of aryl methyl sites for hydroxylation is 1. The van der Waals surface area contributed by atoms with E-state index in [0.717, 1.165) is 18.5 Å². The number of rotatable bonds is 4. The summed E-state index contributed by atoms with van der Waals surface area (Å²) >= 11 is 0. The van der Waals surface area contributed by atoms with Gasteiger partial charge in [-0.3, -0.25) is 9.78 Å². The van der Waals surface area contributed by atoms with Crippen molar-refractivity contribution in [2.45, 2.75) is 39.2 Å². The molecular weight excluding hydrogens is 214 g/mol. The first-order valence-corrected chi connectivity index (χ1v) is 6.27. The van der Waals surface area contributed by atoms with Crippen molar-refractivity contribution >= 4 is 5.78 Å². The molecule has 2 heterocycles. The second-order valence-corrected chi connectivity index (χ2v) is 4.73. The fourth-order valence-electron chi connectivity index (χ4n) is 2.13. The third-order valence-electron chi connectivity index (χ3n) is 3.30. The quantitative estimate of drug-likeness (QED) is 0.800. The number of ketones is 1. The average molecular weight is 233 g/mol. The van der Waals surface area contributed by atoms with Crippen LogP contribution in [0.5, 0.6) is 0 Å². The van der Waals surface area contributed by atoms with E-state index < -0.39 is 0 Å². The number of nitrogens with zero attached hydrogens (tertiary/aromatic N) is 1. The number of carbonyl (C=O) groups is 1. The van der Waals surface area contributed by atoms with E-state index in [0.29, 0.717) is 13.0 Å². The summed E-state index contributed by atoms with van der Waals surface area (Å²) < 4.78 is 5.42. The van der Waals surface area contributed by atoms with E-state index in [4.69, 9.17) is 4.74 Å². The summed E-state index contributed by atoms with van der Waals surface area (Å²) in [5.74, 6) is 0.323. The van der Waals surface area contributed by atoms with Crippen LogP contribution in [-0.2, 0) is 22.4 Å². The van der Waals surface area contributed by atoms with Crippen molar-refractivity contribution in [2.75, 3.05) is 6.61 Å². The Morgan fingerprint density at radius 3 is 2.88 bits per heavy atom. The van der Waals surface area contributed by atoms with E-state index in [-0.39, 0.29) is 17.8 Å². The van der Waals surface area contributed by atoms with Crippen molar-refractivity contribution in [3.63, 3.8) is 0 Å². The Hall–Kier alpha value is -1.22. The Kier molecular flexibility index (Phi) is 3.89. The van der Waals surface area contributed by atoms with Gasteiger partial charge in [0.15, 0.2) is 0 Å². The van der Waals surface area contributed by atoms with Crippen LogP contribution in [0.2, 0.25) is 0 Å². The summed E-state index contributed by atoms with van der Waals surface area (Å²) in [4.78, 5) is 16.3. The first-order chi connectivity index (χ1) is 8.19. The van der Waals surface area contributed by atoms with Crippen LogP contribution in [0.15, 0.2) is 18.3 Å². The highest BCUT2D eigenvalue weighted by Crippen LogP contribution is 2.21. The molecule has 1 saturated heterocycles. The molecule has 1 aliphatic rings. The Morgan fingerprint density at radius 2 is 2.35 bits per heavy atom. The minimum atomic E-state index is 0.0673. The number of Topliss-reactive ketones (excluding diaryl/α,β-unsaturated/α-hetero) is 1. The number of ether oxygens (including phenoxy) is 1. The van der Waals surface area contributed by atoms with Crippen LogP contribution in [0.25, 0.3) is 0 Å². The van der Waals surface area contributed by atoms with Gasteiger partial charge in [0, 0.05) is 24.2 Å². The fourth-order valence-corrected chi connectivity index (χ4v) is 2.13. The molecule has 0 bridgehead atoms. The van der Waals surface area contributed by atoms with Gasteiger partial charge in [0.2, 0.25) is 0 Å². The minimum absolute atomic E-state index is 0.0673. The van der Waals surface area contributed by atoms with Crippen LogP contribution >= 0.6 is 0 Å². The van der Waals surface area contributed by atoms with Crippen molar-refractivity contribution in [1.29, 1.82) is 0 Å². The van der Waals surface area contributed by atoms with Gasteiger partial charge in [0.1, 0.15) is 5.78 Å². The lowest BCUT2D eigenvalue weighted by Crippen LogP contribution is -2.17. The molecule has 2 rings (SSSR count). The van der Waals surface area contributed by atoms with E-state index in [2.05, 4.69) is 11.9 Å². The molecule has 0 amide bonds. The topological polar surface area (TPSA) is 39.2 Å². The van der Waals surface area contributed by atoms with Crippen LogP contribution < -0.4 is 0 Å². The van der Waals surface area contributed by atoms with Crippen molar-refractivity contribution in [3.8, 4) is 0 Å². The molecule has 3 heteroatoms. The van der Waals surface area contributed by atoms with Gasteiger partial charge in [-0.1, -0.05) is 13.0 Å². The second-order valence-electron chi connectivity index (χ2n) is 4.73. The standard InChI is InChI=1S/C14H19NO2/c1-3-11-4-5-13(15-8-11)7-14(16)12-6-10(2)17-9-12/h4-5,8,10,12H,3,6-7,9H2,1-2H3. The largest absolute Gasteiger partial charge is 0.378 e. The Bertz CT molecular complexity index is 386. The smallest absolute Gasteiger partial charge is 0.144 e. The monoisotopic (exact) mass is 233 g/mol. The molecule has 92 valence electrons. The molecule has 0 radical (unpaired) electrons. The van der Waals surface area contributed by atoms with Gasteiger partial charge in [-0.25, -0.2) is 0 Å². The van der Waals surface area contributed by atoms with E-state index in [1.54, 1.807) is 0 Å². The van der Waals surface area contributed by atoms with Gasteiger partial charge < -0.3 is 4.74 Å². The summed E-state index contributed by atoms with van der Waals surface area (Å²) in [6.45, 7) is 4.69. The molecule has 1 aliphatic heterocycles. The van der Waals surface area contributed by atoms with Crippen LogP contribution in [-0.4, -0.2) is 23.5 Å². The Labute approximate surface area is 102 Å². The van der Waals surface area contributed by atoms with Gasteiger partial charge in [-0.2, -0.15) is 0 Å². The first kappa shape index (κ1) is 12.2. The van der Waals surface area contributed by atoms with Crippen LogP contribution in [0, 0.1) is 5.92 Å². The predicted molar refractivity (Wildman–Crippen MR) is 65.8 cm³/mol. The highest BCUT2D eigenvalue weighted by Gasteiger charge is 2.28. The van der Waals surface area contributed by atoms with Crippen molar-refractivity contribution in [2.24, 2.45) is 5.92 Å². The van der Waals surface area contributed by atoms with Gasteiger partial charge >= 0.3 is 0 Å². The number of pyridine rings is 1. The molecule has 0 aliphatic carbocycles. The maximum absolute atomic E-state index is 12.0. The van der Waals surface area contributed by atoms with Gasteiger partial charge in [-0.05, 0) is 31.4 Å². The zero-order chi connectivity index (χ0) is 12.3. The molecule has 0 saturated carbocycles. The molecular formula is C14H19NO2. The molecule has 0 N–H and O–H groups in total. The van der Waals surface area contributed by atoms with E-state index in [9.17, 15) is 4.79 Å². The zero-order valence-electron chi connectivity index (χ0n) is 10.5. The maximum Gasteiger partial charge on any atom is 0.144 e. The van der Waals surface area contributed by atoms with E-state index in [1.165, 1.54) is 5.56 Å². The molecule has 1 aromatic heterocycles. The summed E-state index contributed by atoms with van der Waals surface area (Å²) in [5, 5.41) is 0. The summed E-state index contributed by atoms with van der Waals surface area (Å²) in [7, 11) is 0. The lowest BCUT2D eigenvalue weighted by Gasteiger charge is -2.06. The average Bonchev–Trinajstić information content (AvgIpc) is 2.77. The molecule has 2 unspecified atom stereocenters. The number of aromatic nitrogens is 1. The third-order valence-corrected chi connectivity index (χ3v) is 3.30. The number of hydrogen-bond donors (Lipinski definition) is 0. The molecule has 17 heavy (non-hydrogen) atoms. The number of hydrogen-bond acceptors (Lipinski definition) is 3. The predicted octanol–water partition coefficient (Wildman–Crippen LogP) is 2.18. The Balaban J connectivity index is 1.93. The van der Waals surface area contributed by atoms with E-state index >= 15 is 0 Å². The van der Waals surface area contributed by atoms with Gasteiger partial charge in [-0.15, -0.1) is 0 Å². The minimum Gasteiger partial charge on any atom is -0.378 e. The molecule has 1 fully saturated rings. The van der Waals surface area contributed by atoms with Crippen molar-refractivity contribution in [3.05, 3.63) is 29.6 Å². The molecule has 0 spiro atoms. The van der Waals surface area contributed by atoms with Crippen LogP contribution in [0.4, 0.5) is 0 Å². The lowest BCUT2D eigenvalue weighted by molar-refractivity contribution is -0.122. The number of carbonyl (C=O) groups excluding carboxylic acids is 1. The lowest BCUT2D eigenvalue weighted by atomic mass is 9.97. The van der Waals surface area contributed by atoms with Crippen LogP contribution in [0.3, 0.4) is 0 Å². The summed E-state index contributed by atoms with van der Waals surface area (Å²) in [5.41, 5.74) is 2.07. The molecule has 1 aromatic rings. The highest BCUT2D eigenvalue weighted by atomic mass is 16.5. The molecule has 3 nitrogen and oxygen atoms in total. The second kappa shape index (κ2) is 5.41. The Morgan fingerprint density at radius 1 is 1.53 bits per heavy atom.